The summed E-state index contributed by atoms with van der Waals surface area (Å²) in [6, 6.07) is 4.26. The summed E-state index contributed by atoms with van der Waals surface area (Å²) in [5, 5.41) is 0. The van der Waals surface area contributed by atoms with Gasteiger partial charge in [-0.3, -0.25) is 4.90 Å². The van der Waals surface area contributed by atoms with E-state index >= 15 is 0 Å². The first-order valence-electron chi connectivity index (χ1n) is 6.30. The molecule has 110 valence electrons. The second-order valence-electron chi connectivity index (χ2n) is 5.52. The van der Waals surface area contributed by atoms with Gasteiger partial charge in [0.15, 0.2) is 0 Å². The van der Waals surface area contributed by atoms with E-state index < -0.39 is 5.66 Å². The minimum atomic E-state index is -0.541. The highest BCUT2D eigenvalue weighted by Gasteiger charge is 2.34. The molecule has 0 saturated carbocycles. The molecule has 0 saturated heterocycles. The van der Waals surface area contributed by atoms with Gasteiger partial charge in [-0.25, -0.2) is 4.99 Å². The van der Waals surface area contributed by atoms with E-state index in [1.54, 1.807) is 0 Å². The van der Waals surface area contributed by atoms with Gasteiger partial charge in [0.25, 0.3) is 0 Å². The number of nitrogens with two attached hydrogens (primary N) is 2. The minimum Gasteiger partial charge on any atom is -0.369 e. The Bertz CT molecular complexity index is 566. The van der Waals surface area contributed by atoms with Crippen molar-refractivity contribution in [3.05, 3.63) is 28.8 Å². The molecule has 0 spiro atoms. The zero-order valence-electron chi connectivity index (χ0n) is 12.6. The number of nitrogens with zero attached hydrogens (tertiary/aromatic N) is 3. The molecule has 0 fully saturated rings. The highest BCUT2D eigenvalue weighted by atomic mass is 35.5. The van der Waals surface area contributed by atoms with Gasteiger partial charge in [-0.1, -0.05) is 17.7 Å². The molecule has 0 aliphatic carbocycles. The third-order valence-electron chi connectivity index (χ3n) is 3.25. The average molecular weight is 296 g/mol. The summed E-state index contributed by atoms with van der Waals surface area (Å²) in [6.07, 6.45) is 0. The lowest BCUT2D eigenvalue weighted by Gasteiger charge is -2.40. The molecule has 5 nitrogen and oxygen atoms in total. The van der Waals surface area contributed by atoms with Gasteiger partial charge >= 0.3 is 0 Å². The summed E-state index contributed by atoms with van der Waals surface area (Å²) >= 11 is 0. The summed E-state index contributed by atoms with van der Waals surface area (Å²) < 4.78 is 0. The Morgan fingerprint density at radius 3 is 2.00 bits per heavy atom. The predicted molar refractivity (Wildman–Crippen MR) is 87.7 cm³/mol. The van der Waals surface area contributed by atoms with Crippen molar-refractivity contribution < 1.29 is 0 Å². The predicted octanol–water partition coefficient (Wildman–Crippen LogP) is 2.22. The third kappa shape index (κ3) is 2.72. The summed E-state index contributed by atoms with van der Waals surface area (Å²) in [5.41, 5.74) is 15.8. The molecule has 2 rings (SSSR count). The van der Waals surface area contributed by atoms with Gasteiger partial charge in [0.1, 0.15) is 5.66 Å². The summed E-state index contributed by atoms with van der Waals surface area (Å²) in [6.45, 7) is 10.2. The van der Waals surface area contributed by atoms with Crippen LogP contribution in [-0.4, -0.2) is 17.6 Å². The van der Waals surface area contributed by atoms with E-state index in [9.17, 15) is 0 Å². The van der Waals surface area contributed by atoms with Crippen LogP contribution >= 0.6 is 12.4 Å². The Morgan fingerprint density at radius 1 is 1.05 bits per heavy atom. The Kier molecular flexibility index (Phi) is 4.34. The van der Waals surface area contributed by atoms with Crippen LogP contribution in [0.15, 0.2) is 22.1 Å². The first-order chi connectivity index (χ1) is 8.72. The number of aliphatic imine (C=N–C) groups is 2. The molecule has 0 atom stereocenters. The molecule has 1 aliphatic heterocycles. The number of benzene rings is 1. The zero-order chi connectivity index (χ0) is 14.4. The molecule has 20 heavy (non-hydrogen) atoms. The quantitative estimate of drug-likeness (QED) is 0.833. The summed E-state index contributed by atoms with van der Waals surface area (Å²) in [4.78, 5) is 10.4. The molecule has 6 heteroatoms. The number of aryl methyl sites for hydroxylation is 3. The first kappa shape index (κ1) is 16.3. The maximum atomic E-state index is 6.07. The molecule has 1 aromatic carbocycles. The van der Waals surface area contributed by atoms with E-state index in [-0.39, 0.29) is 18.4 Å². The molecule has 1 aliphatic rings. The highest BCUT2D eigenvalue weighted by Crippen LogP contribution is 2.33. The van der Waals surface area contributed by atoms with Gasteiger partial charge in [-0.05, 0) is 45.7 Å². The lowest BCUT2D eigenvalue weighted by molar-refractivity contribution is 0.532. The number of guanidine groups is 2. The zero-order valence-corrected chi connectivity index (χ0v) is 13.4. The van der Waals surface area contributed by atoms with Crippen molar-refractivity contribution in [2.75, 3.05) is 4.90 Å². The van der Waals surface area contributed by atoms with Crippen LogP contribution in [0.3, 0.4) is 0 Å². The van der Waals surface area contributed by atoms with E-state index in [0.29, 0.717) is 5.96 Å². The van der Waals surface area contributed by atoms with Crippen molar-refractivity contribution in [2.24, 2.45) is 21.5 Å². The summed E-state index contributed by atoms with van der Waals surface area (Å²) in [7, 11) is 0. The molecular weight excluding hydrogens is 274 g/mol. The van der Waals surface area contributed by atoms with Crippen LogP contribution in [0.2, 0.25) is 0 Å². The molecule has 0 radical (unpaired) electrons. The number of anilines is 1. The molecule has 0 unspecified atom stereocenters. The Hall–Kier alpha value is -1.75. The molecule has 1 aromatic rings. The monoisotopic (exact) mass is 295 g/mol. The van der Waals surface area contributed by atoms with Crippen LogP contribution in [0.5, 0.6) is 0 Å². The molecule has 0 bridgehead atoms. The van der Waals surface area contributed by atoms with Gasteiger partial charge in [-0.2, -0.15) is 4.99 Å². The fourth-order valence-corrected chi connectivity index (χ4v) is 2.72. The van der Waals surface area contributed by atoms with Crippen molar-refractivity contribution in [3.63, 3.8) is 0 Å². The number of rotatable bonds is 1. The van der Waals surface area contributed by atoms with Crippen molar-refractivity contribution in [2.45, 2.75) is 40.3 Å². The average Bonchev–Trinajstić information content (AvgIpc) is 2.19. The standard InChI is InChI=1S/C14H21N5.ClH/c1-8-6-9(2)11(10(3)7-8)19-13(16)17-12(15)18-14(19,4)5;/h6-7H,1-5H3,(H4,15,16,17,18);1H. The van der Waals surface area contributed by atoms with Crippen molar-refractivity contribution in [1.29, 1.82) is 0 Å². The maximum absolute atomic E-state index is 6.07. The van der Waals surface area contributed by atoms with Gasteiger partial charge in [0.2, 0.25) is 11.9 Å². The van der Waals surface area contributed by atoms with E-state index in [1.807, 2.05) is 18.7 Å². The topological polar surface area (TPSA) is 80.0 Å². The van der Waals surface area contributed by atoms with Gasteiger partial charge in [-0.15, -0.1) is 12.4 Å². The first-order valence-corrected chi connectivity index (χ1v) is 6.30. The van der Waals surface area contributed by atoms with Gasteiger partial charge in [0, 0.05) is 0 Å². The van der Waals surface area contributed by atoms with Crippen LogP contribution in [0.4, 0.5) is 5.69 Å². The second kappa shape index (κ2) is 5.32. The van der Waals surface area contributed by atoms with Crippen LogP contribution in [0.25, 0.3) is 0 Å². The lowest BCUT2D eigenvalue weighted by Crippen LogP contribution is -2.54. The van der Waals surface area contributed by atoms with Crippen molar-refractivity contribution in [1.82, 2.24) is 0 Å². The number of halogens is 1. The lowest BCUT2D eigenvalue weighted by atomic mass is 10.0. The fraction of sp³-hybridized carbons (Fsp3) is 0.429. The van der Waals surface area contributed by atoms with Crippen LogP contribution < -0.4 is 16.4 Å². The van der Waals surface area contributed by atoms with Gasteiger partial charge in [0.05, 0.1) is 5.69 Å². The van der Waals surface area contributed by atoms with Crippen LogP contribution in [0.1, 0.15) is 30.5 Å². The summed E-state index contributed by atoms with van der Waals surface area (Å²) in [5.74, 6) is 0.605. The van der Waals surface area contributed by atoms with Crippen molar-refractivity contribution >= 4 is 30.0 Å². The largest absolute Gasteiger partial charge is 0.369 e. The van der Waals surface area contributed by atoms with E-state index in [2.05, 4.69) is 42.9 Å². The second-order valence-corrected chi connectivity index (χ2v) is 5.52. The van der Waals surface area contributed by atoms with Crippen molar-refractivity contribution in [3.8, 4) is 0 Å². The minimum absolute atomic E-state index is 0. The smallest absolute Gasteiger partial charge is 0.220 e. The molecule has 1 heterocycles. The maximum Gasteiger partial charge on any atom is 0.220 e. The molecule has 0 aromatic heterocycles. The molecular formula is C14H22ClN5. The fourth-order valence-electron chi connectivity index (χ4n) is 2.72. The third-order valence-corrected chi connectivity index (χ3v) is 3.25. The van der Waals surface area contributed by atoms with Crippen LogP contribution in [0, 0.1) is 20.8 Å². The van der Waals surface area contributed by atoms with Crippen LogP contribution in [-0.2, 0) is 0 Å². The number of hydrogen-bond donors (Lipinski definition) is 2. The SMILES string of the molecule is Cc1cc(C)c(N2C(N)=NC(N)=NC2(C)C)c(C)c1.Cl. The van der Waals surface area contributed by atoms with Gasteiger partial charge < -0.3 is 11.5 Å². The number of hydrogen-bond acceptors (Lipinski definition) is 5. The Balaban J connectivity index is 0.00000200. The Labute approximate surface area is 126 Å². The van der Waals surface area contributed by atoms with E-state index in [0.717, 1.165) is 16.8 Å². The van der Waals surface area contributed by atoms with E-state index in [4.69, 9.17) is 11.5 Å². The molecule has 0 amide bonds. The Morgan fingerprint density at radius 2 is 1.55 bits per heavy atom. The molecule has 4 N–H and O–H groups in total. The van der Waals surface area contributed by atoms with E-state index in [1.165, 1.54) is 5.56 Å². The normalized spacial score (nSPS) is 17.1. The highest BCUT2D eigenvalue weighted by molar-refractivity contribution is 6.06.